The Bertz CT molecular complexity index is 940. The van der Waals surface area contributed by atoms with Gasteiger partial charge < -0.3 is 14.7 Å². The average molecular weight is 376 g/mol. The van der Waals surface area contributed by atoms with E-state index in [1.165, 1.54) is 17.7 Å². The SMILES string of the molecule is N#C/C(=C/N1CCc2ccccc21)C(=O)N1CCN(c2ccc(F)cc2)CC1. The van der Waals surface area contributed by atoms with Crippen LogP contribution in [0, 0.1) is 17.1 Å². The van der Waals surface area contributed by atoms with Gasteiger partial charge >= 0.3 is 0 Å². The molecule has 2 aromatic rings. The van der Waals surface area contributed by atoms with Gasteiger partial charge in [0.05, 0.1) is 0 Å². The fraction of sp³-hybridized carbons (Fsp3) is 0.273. The lowest BCUT2D eigenvalue weighted by Crippen LogP contribution is -2.49. The van der Waals surface area contributed by atoms with Crippen LogP contribution in [0.2, 0.25) is 0 Å². The van der Waals surface area contributed by atoms with E-state index < -0.39 is 0 Å². The molecule has 0 N–H and O–H groups in total. The van der Waals surface area contributed by atoms with Crippen LogP contribution in [0.5, 0.6) is 0 Å². The van der Waals surface area contributed by atoms with E-state index in [-0.39, 0.29) is 17.3 Å². The number of benzene rings is 2. The van der Waals surface area contributed by atoms with Crippen LogP contribution in [-0.4, -0.2) is 43.5 Å². The molecule has 0 unspecified atom stereocenters. The smallest absolute Gasteiger partial charge is 0.266 e. The maximum atomic E-state index is 13.1. The number of carbonyl (C=O) groups is 1. The number of carbonyl (C=O) groups excluding carboxylic acids is 1. The largest absolute Gasteiger partial charge is 0.368 e. The molecular weight excluding hydrogens is 355 g/mol. The van der Waals surface area contributed by atoms with Gasteiger partial charge in [0.1, 0.15) is 17.5 Å². The molecular formula is C22H21FN4O. The number of hydrogen-bond acceptors (Lipinski definition) is 4. The van der Waals surface area contributed by atoms with E-state index in [0.29, 0.717) is 26.2 Å². The number of amides is 1. The van der Waals surface area contributed by atoms with Crippen molar-refractivity contribution in [3.8, 4) is 6.07 Å². The molecule has 1 fully saturated rings. The molecule has 0 aromatic heterocycles. The van der Waals surface area contributed by atoms with E-state index in [1.54, 1.807) is 23.2 Å². The molecule has 0 atom stereocenters. The highest BCUT2D eigenvalue weighted by atomic mass is 19.1. The second-order valence-electron chi connectivity index (χ2n) is 6.98. The summed E-state index contributed by atoms with van der Waals surface area (Å²) in [6, 6.07) is 16.5. The van der Waals surface area contributed by atoms with Crippen molar-refractivity contribution < 1.29 is 9.18 Å². The number of para-hydroxylation sites is 1. The molecule has 4 rings (SSSR count). The molecule has 0 spiro atoms. The zero-order valence-electron chi connectivity index (χ0n) is 15.5. The minimum atomic E-state index is -0.259. The zero-order valence-corrected chi connectivity index (χ0v) is 15.5. The number of hydrogen-bond donors (Lipinski definition) is 0. The van der Waals surface area contributed by atoms with Crippen LogP contribution >= 0.6 is 0 Å². The summed E-state index contributed by atoms with van der Waals surface area (Å²) < 4.78 is 13.1. The van der Waals surface area contributed by atoms with Crippen LogP contribution in [-0.2, 0) is 11.2 Å². The Morgan fingerprint density at radius 3 is 2.43 bits per heavy atom. The van der Waals surface area contributed by atoms with Gasteiger partial charge in [-0.15, -0.1) is 0 Å². The molecule has 1 amide bonds. The molecule has 5 nitrogen and oxygen atoms in total. The summed E-state index contributed by atoms with van der Waals surface area (Å²) in [5, 5.41) is 9.55. The van der Waals surface area contributed by atoms with Crippen LogP contribution in [0.25, 0.3) is 0 Å². The van der Waals surface area contributed by atoms with Gasteiger partial charge in [-0.2, -0.15) is 5.26 Å². The Morgan fingerprint density at radius 2 is 1.71 bits per heavy atom. The van der Waals surface area contributed by atoms with E-state index in [4.69, 9.17) is 0 Å². The molecule has 1 saturated heterocycles. The minimum absolute atomic E-state index is 0.159. The fourth-order valence-corrected chi connectivity index (χ4v) is 3.78. The van der Waals surface area contributed by atoms with E-state index in [2.05, 4.69) is 17.0 Å². The maximum absolute atomic E-state index is 13.1. The molecule has 28 heavy (non-hydrogen) atoms. The van der Waals surface area contributed by atoms with Crippen molar-refractivity contribution in [1.82, 2.24) is 4.90 Å². The third-order valence-corrected chi connectivity index (χ3v) is 5.32. The van der Waals surface area contributed by atoms with Gasteiger partial charge in [0, 0.05) is 50.3 Å². The fourth-order valence-electron chi connectivity index (χ4n) is 3.78. The first-order valence-corrected chi connectivity index (χ1v) is 9.42. The molecule has 0 saturated carbocycles. The first-order chi connectivity index (χ1) is 13.7. The number of nitriles is 1. The standard InChI is InChI=1S/C22H21FN4O/c23-19-5-7-20(8-6-19)25-11-13-26(14-12-25)22(28)18(15-24)16-27-10-9-17-3-1-2-4-21(17)27/h1-8,16H,9-14H2/b18-16-. The van der Waals surface area contributed by atoms with E-state index in [0.717, 1.165) is 24.3 Å². The van der Waals surface area contributed by atoms with Gasteiger partial charge in [0.2, 0.25) is 0 Å². The number of anilines is 2. The van der Waals surface area contributed by atoms with Gasteiger partial charge in [-0.1, -0.05) is 18.2 Å². The second-order valence-corrected chi connectivity index (χ2v) is 6.98. The first-order valence-electron chi connectivity index (χ1n) is 9.42. The molecule has 2 heterocycles. The summed E-state index contributed by atoms with van der Waals surface area (Å²) >= 11 is 0. The number of halogens is 1. The van der Waals surface area contributed by atoms with Gasteiger partial charge in [0.25, 0.3) is 5.91 Å². The average Bonchev–Trinajstić information content (AvgIpc) is 3.15. The zero-order chi connectivity index (χ0) is 19.5. The number of piperazine rings is 1. The molecule has 0 aliphatic carbocycles. The van der Waals surface area contributed by atoms with Gasteiger partial charge in [-0.3, -0.25) is 4.79 Å². The van der Waals surface area contributed by atoms with Crippen LogP contribution in [0.1, 0.15) is 5.56 Å². The van der Waals surface area contributed by atoms with Crippen LogP contribution in [0.15, 0.2) is 60.3 Å². The summed E-state index contributed by atoms with van der Waals surface area (Å²) in [5.74, 6) is -0.490. The molecule has 0 bridgehead atoms. The quantitative estimate of drug-likeness (QED) is 0.611. The normalized spacial score (nSPS) is 16.7. The second kappa shape index (κ2) is 7.73. The van der Waals surface area contributed by atoms with Crippen molar-refractivity contribution in [2.45, 2.75) is 6.42 Å². The Kier molecular flexibility index (Phi) is 4.98. The highest BCUT2D eigenvalue weighted by Crippen LogP contribution is 2.28. The summed E-state index contributed by atoms with van der Waals surface area (Å²) in [7, 11) is 0. The summed E-state index contributed by atoms with van der Waals surface area (Å²) in [4.78, 5) is 18.7. The monoisotopic (exact) mass is 376 g/mol. The molecule has 142 valence electrons. The summed E-state index contributed by atoms with van der Waals surface area (Å²) in [6.45, 7) is 3.15. The third-order valence-electron chi connectivity index (χ3n) is 5.32. The number of nitrogens with zero attached hydrogens (tertiary/aromatic N) is 4. The van der Waals surface area contributed by atoms with E-state index in [1.807, 2.05) is 23.1 Å². The number of rotatable bonds is 3. The lowest BCUT2D eigenvalue weighted by molar-refractivity contribution is -0.127. The summed E-state index contributed by atoms with van der Waals surface area (Å²) in [5.41, 5.74) is 3.39. The lowest BCUT2D eigenvalue weighted by Gasteiger charge is -2.36. The predicted octanol–water partition coefficient (Wildman–Crippen LogP) is 2.94. The molecule has 2 aliphatic rings. The maximum Gasteiger partial charge on any atom is 0.266 e. The van der Waals surface area contributed by atoms with Crippen molar-refractivity contribution in [3.05, 3.63) is 71.7 Å². The van der Waals surface area contributed by atoms with Crippen LogP contribution in [0.3, 0.4) is 0 Å². The summed E-state index contributed by atoms with van der Waals surface area (Å²) in [6.07, 6.45) is 2.59. The van der Waals surface area contributed by atoms with E-state index in [9.17, 15) is 14.4 Å². The topological polar surface area (TPSA) is 50.6 Å². The Hall–Kier alpha value is -3.33. The molecule has 2 aliphatic heterocycles. The molecule has 2 aromatic carbocycles. The van der Waals surface area contributed by atoms with Crippen molar-refractivity contribution in [3.63, 3.8) is 0 Å². The third kappa shape index (κ3) is 3.56. The Labute approximate surface area is 163 Å². The van der Waals surface area contributed by atoms with Crippen molar-refractivity contribution in [1.29, 1.82) is 5.26 Å². The van der Waals surface area contributed by atoms with Crippen molar-refractivity contribution >= 4 is 17.3 Å². The van der Waals surface area contributed by atoms with E-state index >= 15 is 0 Å². The van der Waals surface area contributed by atoms with Crippen LogP contribution < -0.4 is 9.80 Å². The van der Waals surface area contributed by atoms with Gasteiger partial charge in [-0.25, -0.2) is 4.39 Å². The number of fused-ring (bicyclic) bond motifs is 1. The highest BCUT2D eigenvalue weighted by molar-refractivity contribution is 5.98. The van der Waals surface area contributed by atoms with Crippen molar-refractivity contribution in [2.75, 3.05) is 42.5 Å². The molecule has 6 heteroatoms. The predicted molar refractivity (Wildman–Crippen MR) is 106 cm³/mol. The Balaban J connectivity index is 1.43. The minimum Gasteiger partial charge on any atom is -0.368 e. The van der Waals surface area contributed by atoms with Crippen LogP contribution in [0.4, 0.5) is 15.8 Å². The van der Waals surface area contributed by atoms with Crippen molar-refractivity contribution in [2.24, 2.45) is 0 Å². The van der Waals surface area contributed by atoms with Gasteiger partial charge in [-0.05, 0) is 42.3 Å². The van der Waals surface area contributed by atoms with Gasteiger partial charge in [0.15, 0.2) is 0 Å². The lowest BCUT2D eigenvalue weighted by atomic mass is 10.2. The molecule has 0 radical (unpaired) electrons. The first kappa shape index (κ1) is 18.1. The highest BCUT2D eigenvalue weighted by Gasteiger charge is 2.25. The Morgan fingerprint density at radius 1 is 1.00 bits per heavy atom.